The van der Waals surface area contributed by atoms with Crippen LogP contribution in [0.1, 0.15) is 6.92 Å². The third-order valence-corrected chi connectivity index (χ3v) is 3.00. The smallest absolute Gasteiger partial charge is 0.229 e. The molecule has 5 nitrogen and oxygen atoms in total. The maximum atomic E-state index is 11.1. The summed E-state index contributed by atoms with van der Waals surface area (Å²) >= 11 is 6.00. The molecule has 0 amide bonds. The normalized spacial score (nSPS) is 13.1. The van der Waals surface area contributed by atoms with E-state index in [1.165, 1.54) is 0 Å². The van der Waals surface area contributed by atoms with Crippen molar-refractivity contribution in [2.24, 2.45) is 0 Å². The van der Waals surface area contributed by atoms with Crippen LogP contribution in [0.15, 0.2) is 18.2 Å². The lowest BCUT2D eigenvalue weighted by atomic mass is 10.2. The molecule has 1 aromatic rings. The van der Waals surface area contributed by atoms with E-state index < -0.39 is 10.0 Å². The predicted octanol–water partition coefficient (Wildman–Crippen LogP) is 2.16. The number of hydrogen-bond donors (Lipinski definition) is 2. The van der Waals surface area contributed by atoms with Gasteiger partial charge in [-0.2, -0.15) is 0 Å². The summed E-state index contributed by atoms with van der Waals surface area (Å²) in [6.07, 6.45) is 1.08. The van der Waals surface area contributed by atoms with Gasteiger partial charge in [0.05, 0.1) is 23.6 Å². The van der Waals surface area contributed by atoms with Crippen LogP contribution in [0.5, 0.6) is 0 Å². The Labute approximate surface area is 113 Å². The van der Waals surface area contributed by atoms with Crippen molar-refractivity contribution >= 4 is 33.0 Å². The minimum absolute atomic E-state index is 0.139. The van der Waals surface area contributed by atoms with Gasteiger partial charge in [-0.3, -0.25) is 4.72 Å². The van der Waals surface area contributed by atoms with E-state index in [9.17, 15) is 8.42 Å². The summed E-state index contributed by atoms with van der Waals surface area (Å²) in [5.74, 6) is 0. The van der Waals surface area contributed by atoms with Crippen LogP contribution in [0.2, 0.25) is 5.02 Å². The number of benzene rings is 1. The molecule has 1 unspecified atom stereocenters. The zero-order valence-electron chi connectivity index (χ0n) is 10.5. The van der Waals surface area contributed by atoms with E-state index in [1.54, 1.807) is 25.3 Å². The van der Waals surface area contributed by atoms with Crippen molar-refractivity contribution in [2.75, 3.05) is 30.0 Å². The van der Waals surface area contributed by atoms with Crippen LogP contribution >= 0.6 is 11.6 Å². The molecule has 0 aliphatic rings. The summed E-state index contributed by atoms with van der Waals surface area (Å²) in [7, 11) is -1.69. The summed E-state index contributed by atoms with van der Waals surface area (Å²) in [5, 5.41) is 3.53. The van der Waals surface area contributed by atoms with Crippen molar-refractivity contribution in [3.05, 3.63) is 23.2 Å². The SMILES string of the molecule is COCC(C)Nc1ccc(NS(C)(=O)=O)c(Cl)c1. The Balaban J connectivity index is 2.79. The lowest BCUT2D eigenvalue weighted by Gasteiger charge is -2.15. The number of halogens is 1. The molecule has 1 aromatic carbocycles. The van der Waals surface area contributed by atoms with Gasteiger partial charge in [0.2, 0.25) is 10.0 Å². The molecule has 102 valence electrons. The molecule has 0 saturated carbocycles. The number of methoxy groups -OCH3 is 1. The van der Waals surface area contributed by atoms with E-state index >= 15 is 0 Å². The van der Waals surface area contributed by atoms with Crippen LogP contribution in [0.4, 0.5) is 11.4 Å². The standard InChI is InChI=1S/C11H17ClN2O3S/c1-8(7-17-2)13-9-4-5-11(10(12)6-9)14-18(3,15)16/h4-6,8,13-14H,7H2,1-3H3. The first-order valence-electron chi connectivity index (χ1n) is 5.34. The van der Waals surface area contributed by atoms with Gasteiger partial charge in [-0.05, 0) is 25.1 Å². The number of anilines is 2. The minimum Gasteiger partial charge on any atom is -0.383 e. The Kier molecular flexibility index (Phi) is 5.25. The maximum absolute atomic E-state index is 11.1. The van der Waals surface area contributed by atoms with E-state index in [1.807, 2.05) is 6.92 Å². The maximum Gasteiger partial charge on any atom is 0.229 e. The molecule has 18 heavy (non-hydrogen) atoms. The van der Waals surface area contributed by atoms with Gasteiger partial charge in [0, 0.05) is 18.8 Å². The summed E-state index contributed by atoms with van der Waals surface area (Å²) in [4.78, 5) is 0. The average molecular weight is 293 g/mol. The average Bonchev–Trinajstić information content (AvgIpc) is 2.21. The van der Waals surface area contributed by atoms with Crippen LogP contribution in [-0.2, 0) is 14.8 Å². The number of hydrogen-bond acceptors (Lipinski definition) is 4. The summed E-state index contributed by atoms with van der Waals surface area (Å²) < 4.78 is 29.5. The second-order valence-electron chi connectivity index (χ2n) is 4.07. The number of nitrogens with one attached hydrogen (secondary N) is 2. The Bertz CT molecular complexity index is 505. The van der Waals surface area contributed by atoms with Gasteiger partial charge < -0.3 is 10.1 Å². The molecule has 0 bridgehead atoms. The lowest BCUT2D eigenvalue weighted by Crippen LogP contribution is -2.20. The third-order valence-electron chi connectivity index (χ3n) is 2.09. The third kappa shape index (κ3) is 5.12. The molecule has 1 rings (SSSR count). The first-order chi connectivity index (χ1) is 8.31. The first-order valence-corrected chi connectivity index (χ1v) is 7.61. The molecule has 0 spiro atoms. The monoisotopic (exact) mass is 292 g/mol. The van der Waals surface area contributed by atoms with Gasteiger partial charge in [-0.1, -0.05) is 11.6 Å². The van der Waals surface area contributed by atoms with Gasteiger partial charge >= 0.3 is 0 Å². The molecule has 0 aliphatic carbocycles. The lowest BCUT2D eigenvalue weighted by molar-refractivity contribution is 0.190. The van der Waals surface area contributed by atoms with Crippen LogP contribution in [0.25, 0.3) is 0 Å². The Hall–Kier alpha value is -0.980. The van der Waals surface area contributed by atoms with E-state index in [0.29, 0.717) is 17.3 Å². The Morgan fingerprint density at radius 2 is 2.11 bits per heavy atom. The predicted molar refractivity (Wildman–Crippen MR) is 74.9 cm³/mol. The van der Waals surface area contributed by atoms with Crippen LogP contribution in [0, 0.1) is 0 Å². The highest BCUT2D eigenvalue weighted by Crippen LogP contribution is 2.26. The van der Waals surface area contributed by atoms with Crippen LogP contribution in [0.3, 0.4) is 0 Å². The zero-order chi connectivity index (χ0) is 13.8. The van der Waals surface area contributed by atoms with Crippen LogP contribution in [-0.4, -0.2) is 34.4 Å². The molecule has 0 radical (unpaired) electrons. The largest absolute Gasteiger partial charge is 0.383 e. The quantitative estimate of drug-likeness (QED) is 0.843. The number of sulfonamides is 1. The Morgan fingerprint density at radius 1 is 1.44 bits per heavy atom. The van der Waals surface area contributed by atoms with Crippen molar-refractivity contribution < 1.29 is 13.2 Å². The molecule has 0 fully saturated rings. The molecule has 1 atom stereocenters. The first kappa shape index (κ1) is 15.1. The highest BCUT2D eigenvalue weighted by molar-refractivity contribution is 7.92. The highest BCUT2D eigenvalue weighted by atomic mass is 35.5. The second-order valence-corrected chi connectivity index (χ2v) is 6.23. The van der Waals surface area contributed by atoms with Crippen molar-refractivity contribution in [3.63, 3.8) is 0 Å². The van der Waals surface area contributed by atoms with E-state index in [-0.39, 0.29) is 6.04 Å². The van der Waals surface area contributed by atoms with Gasteiger partial charge in [0.15, 0.2) is 0 Å². The summed E-state index contributed by atoms with van der Waals surface area (Å²) in [5.41, 5.74) is 1.17. The van der Waals surface area contributed by atoms with E-state index in [4.69, 9.17) is 16.3 Å². The minimum atomic E-state index is -3.32. The van der Waals surface area contributed by atoms with Gasteiger partial charge in [0.1, 0.15) is 0 Å². The number of ether oxygens (including phenoxy) is 1. The van der Waals surface area contributed by atoms with Gasteiger partial charge in [-0.15, -0.1) is 0 Å². The molecular formula is C11H17ClN2O3S. The van der Waals surface area contributed by atoms with Gasteiger partial charge in [-0.25, -0.2) is 8.42 Å². The number of rotatable bonds is 6. The van der Waals surface area contributed by atoms with Crippen LogP contribution < -0.4 is 10.0 Å². The fourth-order valence-electron chi connectivity index (χ4n) is 1.46. The van der Waals surface area contributed by atoms with Crippen molar-refractivity contribution in [1.29, 1.82) is 0 Å². The second kappa shape index (κ2) is 6.26. The summed E-state index contributed by atoms with van der Waals surface area (Å²) in [6.45, 7) is 2.54. The Morgan fingerprint density at radius 3 is 2.61 bits per heavy atom. The molecule has 0 aliphatic heterocycles. The van der Waals surface area contributed by atoms with Crippen molar-refractivity contribution in [2.45, 2.75) is 13.0 Å². The zero-order valence-corrected chi connectivity index (χ0v) is 12.1. The van der Waals surface area contributed by atoms with E-state index in [0.717, 1.165) is 11.9 Å². The summed E-state index contributed by atoms with van der Waals surface area (Å²) in [6, 6.07) is 5.18. The molecule has 0 aromatic heterocycles. The molecule has 0 saturated heterocycles. The fraction of sp³-hybridized carbons (Fsp3) is 0.455. The molecule has 0 heterocycles. The van der Waals surface area contributed by atoms with E-state index in [2.05, 4.69) is 10.0 Å². The molecule has 2 N–H and O–H groups in total. The fourth-order valence-corrected chi connectivity index (χ4v) is 2.32. The topological polar surface area (TPSA) is 67.4 Å². The van der Waals surface area contributed by atoms with Gasteiger partial charge in [0.25, 0.3) is 0 Å². The van der Waals surface area contributed by atoms with Crippen molar-refractivity contribution in [1.82, 2.24) is 0 Å². The van der Waals surface area contributed by atoms with Crippen molar-refractivity contribution in [3.8, 4) is 0 Å². The molecular weight excluding hydrogens is 276 g/mol. The molecule has 7 heteroatoms. The highest BCUT2D eigenvalue weighted by Gasteiger charge is 2.08.